The van der Waals surface area contributed by atoms with Crippen LogP contribution in [0.4, 0.5) is 5.69 Å². The summed E-state index contributed by atoms with van der Waals surface area (Å²) in [5.74, 6) is 1.18. The van der Waals surface area contributed by atoms with Crippen molar-refractivity contribution in [2.24, 2.45) is 4.99 Å². The Morgan fingerprint density at radius 3 is 2.72 bits per heavy atom. The summed E-state index contributed by atoms with van der Waals surface area (Å²) < 4.78 is 5.72. The second-order valence-electron chi connectivity index (χ2n) is 6.43. The number of amides is 1. The van der Waals surface area contributed by atoms with Gasteiger partial charge in [-0.2, -0.15) is 0 Å². The molecule has 2 rings (SSSR count). The number of anilines is 1. The largest absolute Gasteiger partial charge is 0.492 e. The fourth-order valence-corrected chi connectivity index (χ4v) is 3.22. The fourth-order valence-electron chi connectivity index (χ4n) is 2.44. The molecular formula is C20H29IN4O3S. The second kappa shape index (κ2) is 12.7. The normalized spacial score (nSPS) is 13.0. The van der Waals surface area contributed by atoms with Crippen LogP contribution in [0.1, 0.15) is 25.6 Å². The maximum Gasteiger partial charge on any atom is 0.221 e. The van der Waals surface area contributed by atoms with Crippen LogP contribution >= 0.6 is 35.3 Å². The van der Waals surface area contributed by atoms with E-state index in [4.69, 9.17) is 4.74 Å². The average Bonchev–Trinajstić information content (AvgIpc) is 3.19. The number of thiophene rings is 1. The lowest BCUT2D eigenvalue weighted by molar-refractivity contribution is -0.114. The molecule has 0 saturated heterocycles. The quantitative estimate of drug-likeness (QED) is 0.172. The van der Waals surface area contributed by atoms with E-state index in [2.05, 4.69) is 20.9 Å². The van der Waals surface area contributed by atoms with Gasteiger partial charge < -0.3 is 25.8 Å². The van der Waals surface area contributed by atoms with Crippen LogP contribution < -0.4 is 20.7 Å². The molecule has 1 unspecified atom stereocenters. The van der Waals surface area contributed by atoms with E-state index in [9.17, 15) is 9.90 Å². The molecule has 0 aliphatic heterocycles. The number of hydrogen-bond acceptors (Lipinski definition) is 5. The summed E-state index contributed by atoms with van der Waals surface area (Å²) >= 11 is 1.51. The Morgan fingerprint density at radius 1 is 1.28 bits per heavy atom. The lowest BCUT2D eigenvalue weighted by Gasteiger charge is -2.20. The van der Waals surface area contributed by atoms with Crippen molar-refractivity contribution in [2.75, 3.05) is 31.6 Å². The number of aliphatic imine (C=N–C) groups is 1. The van der Waals surface area contributed by atoms with Crippen LogP contribution in [0.5, 0.6) is 5.75 Å². The number of hydrogen-bond donors (Lipinski definition) is 4. The third-order valence-corrected chi connectivity index (χ3v) is 4.88. The van der Waals surface area contributed by atoms with E-state index >= 15 is 0 Å². The number of aliphatic hydroxyl groups is 1. The summed E-state index contributed by atoms with van der Waals surface area (Å²) in [5, 5.41) is 21.6. The maximum absolute atomic E-state index is 11.1. The van der Waals surface area contributed by atoms with Gasteiger partial charge in [0.05, 0.1) is 13.1 Å². The smallest absolute Gasteiger partial charge is 0.221 e. The topological polar surface area (TPSA) is 95.0 Å². The lowest BCUT2D eigenvalue weighted by atomic mass is 10.1. The van der Waals surface area contributed by atoms with Crippen LogP contribution in [0.25, 0.3) is 0 Å². The Labute approximate surface area is 193 Å². The number of ether oxygens (including phenoxy) is 1. The Hall–Kier alpha value is -1.85. The van der Waals surface area contributed by atoms with Gasteiger partial charge in [-0.15, -0.1) is 35.3 Å². The predicted molar refractivity (Wildman–Crippen MR) is 130 cm³/mol. The van der Waals surface area contributed by atoms with Crippen molar-refractivity contribution in [3.8, 4) is 5.75 Å². The summed E-state index contributed by atoms with van der Waals surface area (Å²) in [6.45, 7) is 7.15. The molecule has 1 heterocycles. The lowest BCUT2D eigenvalue weighted by Crippen LogP contribution is -2.40. The van der Waals surface area contributed by atoms with Gasteiger partial charge in [-0.25, -0.2) is 4.99 Å². The molecule has 1 aromatic carbocycles. The zero-order valence-electron chi connectivity index (χ0n) is 16.9. The van der Waals surface area contributed by atoms with Crippen molar-refractivity contribution in [1.82, 2.24) is 10.6 Å². The number of carbonyl (C=O) groups excluding carboxylic acids is 1. The van der Waals surface area contributed by atoms with E-state index in [-0.39, 0.29) is 36.4 Å². The molecule has 1 amide bonds. The van der Waals surface area contributed by atoms with Gasteiger partial charge >= 0.3 is 0 Å². The van der Waals surface area contributed by atoms with E-state index in [1.165, 1.54) is 18.3 Å². The molecular weight excluding hydrogens is 503 g/mol. The number of guanidine groups is 1. The second-order valence-corrected chi connectivity index (χ2v) is 7.38. The molecule has 1 atom stereocenters. The van der Waals surface area contributed by atoms with Gasteiger partial charge in [0.1, 0.15) is 18.0 Å². The molecule has 160 valence electrons. The third kappa shape index (κ3) is 9.01. The summed E-state index contributed by atoms with van der Waals surface area (Å²) in [5.41, 5.74) is -0.305. The van der Waals surface area contributed by atoms with Gasteiger partial charge in [-0.05, 0) is 37.4 Å². The summed E-state index contributed by atoms with van der Waals surface area (Å²) in [6.07, 6.45) is 0. The molecule has 0 aliphatic carbocycles. The highest BCUT2D eigenvalue weighted by Gasteiger charge is 2.23. The monoisotopic (exact) mass is 532 g/mol. The van der Waals surface area contributed by atoms with E-state index in [0.29, 0.717) is 37.1 Å². The molecule has 4 N–H and O–H groups in total. The van der Waals surface area contributed by atoms with Crippen LogP contribution in [-0.4, -0.2) is 43.2 Å². The number of nitrogens with one attached hydrogen (secondary N) is 3. The first-order valence-corrected chi connectivity index (χ1v) is 10.1. The van der Waals surface area contributed by atoms with Gasteiger partial charge in [0.2, 0.25) is 5.91 Å². The zero-order valence-corrected chi connectivity index (χ0v) is 20.0. The van der Waals surface area contributed by atoms with Crippen LogP contribution in [0.3, 0.4) is 0 Å². The minimum absolute atomic E-state index is 0. The van der Waals surface area contributed by atoms with Crippen molar-refractivity contribution in [2.45, 2.75) is 26.4 Å². The molecule has 2 aromatic rings. The third-order valence-electron chi connectivity index (χ3n) is 3.76. The van der Waals surface area contributed by atoms with Gasteiger partial charge in [-0.1, -0.05) is 12.1 Å². The van der Waals surface area contributed by atoms with E-state index in [1.807, 2.05) is 42.6 Å². The number of rotatable bonds is 9. The minimum Gasteiger partial charge on any atom is -0.492 e. The van der Waals surface area contributed by atoms with Crippen LogP contribution in [-0.2, 0) is 10.4 Å². The van der Waals surface area contributed by atoms with Crippen molar-refractivity contribution in [1.29, 1.82) is 0 Å². The molecule has 0 radical (unpaired) electrons. The average molecular weight is 532 g/mol. The van der Waals surface area contributed by atoms with E-state index < -0.39 is 5.60 Å². The van der Waals surface area contributed by atoms with Gasteiger partial charge in [0.25, 0.3) is 0 Å². The SMILES string of the molecule is CCNC(=NCC(C)(O)c1cccs1)NCCOc1cccc(NC(C)=O)c1.I. The van der Waals surface area contributed by atoms with Gasteiger partial charge in [0.15, 0.2) is 5.96 Å². The molecule has 0 saturated carbocycles. The molecule has 0 fully saturated rings. The van der Waals surface area contributed by atoms with Gasteiger partial charge in [0, 0.05) is 30.1 Å². The maximum atomic E-state index is 11.1. The van der Waals surface area contributed by atoms with Crippen molar-refractivity contribution >= 4 is 52.9 Å². The molecule has 0 aliphatic rings. The molecule has 7 nitrogen and oxygen atoms in total. The first kappa shape index (κ1) is 25.2. The summed E-state index contributed by atoms with van der Waals surface area (Å²) in [6, 6.07) is 11.1. The highest BCUT2D eigenvalue weighted by atomic mass is 127. The molecule has 29 heavy (non-hydrogen) atoms. The number of halogens is 1. The highest BCUT2D eigenvalue weighted by molar-refractivity contribution is 14.0. The Morgan fingerprint density at radius 2 is 2.07 bits per heavy atom. The van der Waals surface area contributed by atoms with Crippen molar-refractivity contribution < 1.29 is 14.6 Å². The zero-order chi connectivity index (χ0) is 20.4. The van der Waals surface area contributed by atoms with Crippen molar-refractivity contribution in [3.63, 3.8) is 0 Å². The molecule has 9 heteroatoms. The van der Waals surface area contributed by atoms with Crippen LogP contribution in [0.15, 0.2) is 46.8 Å². The first-order valence-electron chi connectivity index (χ1n) is 9.19. The highest BCUT2D eigenvalue weighted by Crippen LogP contribution is 2.25. The Kier molecular flexibility index (Phi) is 11.0. The Bertz CT molecular complexity index is 782. The van der Waals surface area contributed by atoms with Gasteiger partial charge in [-0.3, -0.25) is 4.79 Å². The van der Waals surface area contributed by atoms with E-state index in [1.54, 1.807) is 13.0 Å². The number of carbonyl (C=O) groups is 1. The van der Waals surface area contributed by atoms with Crippen LogP contribution in [0, 0.1) is 0 Å². The number of nitrogens with zero attached hydrogens (tertiary/aromatic N) is 1. The standard InChI is InChI=1S/C20H28N4O3S.HI/c1-4-21-19(23-14-20(3,26)18-9-6-12-28-18)22-10-11-27-17-8-5-7-16(13-17)24-15(2)25;/h5-9,12-13,26H,4,10-11,14H2,1-3H3,(H,24,25)(H2,21,22,23);1H. The minimum atomic E-state index is -1.00. The summed E-state index contributed by atoms with van der Waals surface area (Å²) in [7, 11) is 0. The van der Waals surface area contributed by atoms with Crippen molar-refractivity contribution in [3.05, 3.63) is 46.7 Å². The summed E-state index contributed by atoms with van der Waals surface area (Å²) in [4.78, 5) is 16.5. The van der Waals surface area contributed by atoms with E-state index in [0.717, 1.165) is 4.88 Å². The molecule has 0 spiro atoms. The molecule has 1 aromatic heterocycles. The predicted octanol–water partition coefficient (Wildman–Crippen LogP) is 3.17. The number of benzene rings is 1. The van der Waals surface area contributed by atoms with Crippen LogP contribution in [0.2, 0.25) is 0 Å². The first-order chi connectivity index (χ1) is 13.4. The molecule has 0 bridgehead atoms. The Balaban J connectivity index is 0.00000420. The fraction of sp³-hybridized carbons (Fsp3) is 0.400.